The lowest BCUT2D eigenvalue weighted by Crippen LogP contribution is -2.20. The molecule has 0 aliphatic heterocycles. The van der Waals surface area contributed by atoms with Crippen molar-refractivity contribution in [1.82, 2.24) is 4.98 Å². The van der Waals surface area contributed by atoms with Gasteiger partial charge >= 0.3 is 5.97 Å². The van der Waals surface area contributed by atoms with Gasteiger partial charge in [0.1, 0.15) is 0 Å². The Bertz CT molecular complexity index is 656. The Balaban J connectivity index is 1.79. The van der Waals surface area contributed by atoms with E-state index in [-0.39, 0.29) is 5.15 Å². The number of halogens is 1. The lowest BCUT2D eigenvalue weighted by atomic mass is 10.4. The van der Waals surface area contributed by atoms with Crippen molar-refractivity contribution in [2.75, 3.05) is 11.9 Å². The van der Waals surface area contributed by atoms with Crippen LogP contribution in [0.5, 0.6) is 0 Å². The molecule has 2 aromatic rings. The van der Waals surface area contributed by atoms with E-state index < -0.39 is 18.5 Å². The Kier molecular flexibility index (Phi) is 5.48. The molecule has 2 rings (SSSR count). The molecule has 0 aliphatic rings. The van der Waals surface area contributed by atoms with Crippen LogP contribution < -0.4 is 5.32 Å². The highest BCUT2D eigenvalue weighted by Crippen LogP contribution is 2.17. The molecule has 0 bridgehead atoms. The number of hydrogen-bond donors (Lipinski definition) is 1. The highest BCUT2D eigenvalue weighted by molar-refractivity contribution is 7.10. The van der Waals surface area contributed by atoms with E-state index >= 15 is 0 Å². The third-order valence-corrected chi connectivity index (χ3v) is 3.44. The van der Waals surface area contributed by atoms with Crippen molar-refractivity contribution in [3.8, 4) is 0 Å². The number of aromatic nitrogens is 1. The molecule has 21 heavy (non-hydrogen) atoms. The zero-order chi connectivity index (χ0) is 15.1. The molecule has 0 aliphatic carbocycles. The third-order valence-electron chi connectivity index (χ3n) is 2.31. The number of rotatable bonds is 5. The van der Waals surface area contributed by atoms with Gasteiger partial charge in [0, 0.05) is 17.2 Å². The zero-order valence-corrected chi connectivity index (χ0v) is 12.4. The number of amides is 1. The van der Waals surface area contributed by atoms with Gasteiger partial charge in [0.05, 0.1) is 5.69 Å². The molecule has 1 amide bonds. The predicted octanol–water partition coefficient (Wildman–Crippen LogP) is 2.99. The van der Waals surface area contributed by atoms with E-state index in [1.807, 2.05) is 17.5 Å². The second-order valence-electron chi connectivity index (χ2n) is 3.85. The van der Waals surface area contributed by atoms with Gasteiger partial charge in [-0.1, -0.05) is 17.7 Å². The minimum Gasteiger partial charge on any atom is -0.452 e. The predicted molar refractivity (Wildman–Crippen MR) is 82.2 cm³/mol. The van der Waals surface area contributed by atoms with Crippen LogP contribution in [-0.4, -0.2) is 23.5 Å². The molecular weight excluding hydrogens is 312 g/mol. The molecule has 0 aromatic carbocycles. The Labute approximate surface area is 130 Å². The number of ether oxygens (including phenoxy) is 1. The Morgan fingerprint density at radius 3 is 2.95 bits per heavy atom. The molecule has 0 saturated heterocycles. The van der Waals surface area contributed by atoms with Gasteiger partial charge in [-0.3, -0.25) is 4.79 Å². The topological polar surface area (TPSA) is 68.3 Å². The number of nitrogens with one attached hydrogen (secondary N) is 1. The number of carbonyl (C=O) groups is 2. The van der Waals surface area contributed by atoms with Crippen molar-refractivity contribution in [2.45, 2.75) is 0 Å². The van der Waals surface area contributed by atoms with E-state index in [2.05, 4.69) is 10.3 Å². The fourth-order valence-electron chi connectivity index (χ4n) is 1.39. The number of hydrogen-bond acceptors (Lipinski definition) is 5. The number of pyridine rings is 1. The SMILES string of the molecule is O=C(COC(=O)/C=C/c1cccs1)Nc1cccnc1Cl. The summed E-state index contributed by atoms with van der Waals surface area (Å²) in [6.07, 6.45) is 4.41. The fraction of sp³-hybridized carbons (Fsp3) is 0.0714. The maximum atomic E-state index is 11.6. The maximum absolute atomic E-state index is 11.6. The summed E-state index contributed by atoms with van der Waals surface area (Å²) < 4.78 is 4.82. The molecule has 2 aromatic heterocycles. The van der Waals surface area contributed by atoms with Gasteiger partial charge in [0.15, 0.2) is 11.8 Å². The van der Waals surface area contributed by atoms with Crippen LogP contribution >= 0.6 is 22.9 Å². The summed E-state index contributed by atoms with van der Waals surface area (Å²) in [5.41, 5.74) is 0.370. The summed E-state index contributed by atoms with van der Waals surface area (Å²) in [6, 6.07) is 6.98. The minimum atomic E-state index is -0.587. The average molecular weight is 323 g/mol. The van der Waals surface area contributed by atoms with E-state index in [1.165, 1.54) is 23.6 Å². The zero-order valence-electron chi connectivity index (χ0n) is 10.8. The molecule has 0 saturated carbocycles. The molecule has 108 valence electrons. The van der Waals surface area contributed by atoms with Crippen molar-refractivity contribution in [3.63, 3.8) is 0 Å². The first-order valence-electron chi connectivity index (χ1n) is 5.94. The summed E-state index contributed by atoms with van der Waals surface area (Å²) in [6.45, 7) is -0.390. The standard InChI is InChI=1S/C14H11ClN2O3S/c15-14-11(4-1-7-16-14)17-12(18)9-20-13(19)6-5-10-3-2-8-21-10/h1-8H,9H2,(H,17,18)/b6-5+. The van der Waals surface area contributed by atoms with Crippen LogP contribution in [0.2, 0.25) is 5.15 Å². The Hall–Kier alpha value is -2.18. The average Bonchev–Trinajstić information content (AvgIpc) is 2.99. The highest BCUT2D eigenvalue weighted by Gasteiger charge is 2.08. The maximum Gasteiger partial charge on any atom is 0.331 e. The molecule has 7 heteroatoms. The van der Waals surface area contributed by atoms with Gasteiger partial charge in [0.25, 0.3) is 5.91 Å². The molecule has 0 fully saturated rings. The summed E-state index contributed by atoms with van der Waals surface area (Å²) in [4.78, 5) is 27.8. The lowest BCUT2D eigenvalue weighted by Gasteiger charge is -2.06. The molecule has 1 N–H and O–H groups in total. The quantitative estimate of drug-likeness (QED) is 0.522. The normalized spacial score (nSPS) is 10.5. The van der Waals surface area contributed by atoms with E-state index in [0.717, 1.165) is 4.88 Å². The summed E-state index contributed by atoms with van der Waals surface area (Å²) in [5.74, 6) is -1.07. The van der Waals surface area contributed by atoms with Crippen LogP contribution in [0.4, 0.5) is 5.69 Å². The third kappa shape index (κ3) is 5.02. The van der Waals surface area contributed by atoms with Crippen molar-refractivity contribution < 1.29 is 14.3 Å². The van der Waals surface area contributed by atoms with E-state index in [9.17, 15) is 9.59 Å². The fourth-order valence-corrected chi connectivity index (χ4v) is 2.17. The van der Waals surface area contributed by atoms with Crippen LogP contribution in [0.15, 0.2) is 41.9 Å². The van der Waals surface area contributed by atoms with Crippen LogP contribution in [-0.2, 0) is 14.3 Å². The highest BCUT2D eigenvalue weighted by atomic mass is 35.5. The molecule has 5 nitrogen and oxygen atoms in total. The van der Waals surface area contributed by atoms with E-state index in [4.69, 9.17) is 16.3 Å². The number of carbonyl (C=O) groups excluding carboxylic acids is 2. The van der Waals surface area contributed by atoms with Crippen molar-refractivity contribution in [2.24, 2.45) is 0 Å². The molecule has 0 radical (unpaired) electrons. The summed E-state index contributed by atoms with van der Waals surface area (Å²) in [5, 5.41) is 4.58. The summed E-state index contributed by atoms with van der Waals surface area (Å²) in [7, 11) is 0. The van der Waals surface area contributed by atoms with Gasteiger partial charge in [-0.05, 0) is 29.7 Å². The first-order chi connectivity index (χ1) is 10.1. The van der Waals surface area contributed by atoms with Crippen molar-refractivity contribution >= 4 is 46.6 Å². The van der Waals surface area contributed by atoms with Gasteiger partial charge in [-0.15, -0.1) is 11.3 Å². The second kappa shape index (κ2) is 7.56. The first-order valence-corrected chi connectivity index (χ1v) is 7.19. The number of esters is 1. The molecular formula is C14H11ClN2O3S. The van der Waals surface area contributed by atoms with Crippen LogP contribution in [0.25, 0.3) is 6.08 Å². The monoisotopic (exact) mass is 322 g/mol. The lowest BCUT2D eigenvalue weighted by molar-refractivity contribution is -0.142. The first kappa shape index (κ1) is 15.2. The second-order valence-corrected chi connectivity index (χ2v) is 5.18. The number of thiophene rings is 1. The van der Waals surface area contributed by atoms with Crippen LogP contribution in [0, 0.1) is 0 Å². The Morgan fingerprint density at radius 2 is 2.24 bits per heavy atom. The Morgan fingerprint density at radius 1 is 1.38 bits per heavy atom. The summed E-state index contributed by atoms with van der Waals surface area (Å²) >= 11 is 7.29. The van der Waals surface area contributed by atoms with Crippen molar-refractivity contribution in [1.29, 1.82) is 0 Å². The van der Waals surface area contributed by atoms with E-state index in [1.54, 1.807) is 18.2 Å². The van der Waals surface area contributed by atoms with Gasteiger partial charge in [-0.2, -0.15) is 0 Å². The largest absolute Gasteiger partial charge is 0.452 e. The molecule has 0 spiro atoms. The smallest absolute Gasteiger partial charge is 0.331 e. The van der Waals surface area contributed by atoms with Gasteiger partial charge < -0.3 is 10.1 Å². The van der Waals surface area contributed by atoms with Crippen LogP contribution in [0.3, 0.4) is 0 Å². The van der Waals surface area contributed by atoms with Crippen LogP contribution in [0.1, 0.15) is 4.88 Å². The number of anilines is 1. The molecule has 0 unspecified atom stereocenters. The van der Waals surface area contributed by atoms with Gasteiger partial charge in [-0.25, -0.2) is 9.78 Å². The van der Waals surface area contributed by atoms with E-state index in [0.29, 0.717) is 5.69 Å². The molecule has 2 heterocycles. The molecule has 0 atom stereocenters. The van der Waals surface area contributed by atoms with Crippen molar-refractivity contribution in [3.05, 3.63) is 51.9 Å². The number of nitrogens with zero attached hydrogens (tertiary/aromatic N) is 1. The van der Waals surface area contributed by atoms with Gasteiger partial charge in [0.2, 0.25) is 0 Å². The minimum absolute atomic E-state index is 0.176.